The minimum atomic E-state index is -0.899. The van der Waals surface area contributed by atoms with E-state index in [2.05, 4.69) is 0 Å². The predicted octanol–water partition coefficient (Wildman–Crippen LogP) is 1.60. The molecule has 0 bridgehead atoms. The van der Waals surface area contributed by atoms with E-state index in [0.29, 0.717) is 0 Å². The molecule has 1 aliphatic rings. The lowest BCUT2D eigenvalue weighted by Gasteiger charge is -2.18. The average molecular weight is 259 g/mol. The third-order valence-corrected chi connectivity index (χ3v) is 3.06. The first-order chi connectivity index (χ1) is 9.13. The van der Waals surface area contributed by atoms with E-state index in [1.165, 1.54) is 6.92 Å². The van der Waals surface area contributed by atoms with Crippen LogP contribution in [0.4, 0.5) is 0 Å². The Labute approximate surface area is 110 Å². The monoisotopic (exact) mass is 259 g/mol. The van der Waals surface area contributed by atoms with Gasteiger partial charge in [-0.05, 0) is 5.56 Å². The van der Waals surface area contributed by atoms with E-state index in [9.17, 15) is 9.59 Å². The van der Waals surface area contributed by atoms with Crippen molar-refractivity contribution in [2.45, 2.75) is 13.0 Å². The van der Waals surface area contributed by atoms with E-state index in [1.54, 1.807) is 0 Å². The number of hydrogen-bond donors (Lipinski definition) is 0. The smallest absolute Gasteiger partial charge is 0.324 e. The number of rotatable bonds is 3. The zero-order valence-electron chi connectivity index (χ0n) is 10.4. The molecular weight excluding hydrogens is 246 g/mol. The molecule has 0 radical (unpaired) electrons. The molecule has 3 atom stereocenters. The molecule has 5 nitrogen and oxygen atoms in total. The second kappa shape index (κ2) is 5.53. The van der Waals surface area contributed by atoms with E-state index >= 15 is 0 Å². The Morgan fingerprint density at radius 1 is 1.42 bits per heavy atom. The third kappa shape index (κ3) is 2.74. The second-order valence-electron chi connectivity index (χ2n) is 4.34. The van der Waals surface area contributed by atoms with Crippen molar-refractivity contribution in [1.82, 2.24) is 0 Å². The Hall–Kier alpha value is -2.35. The van der Waals surface area contributed by atoms with Gasteiger partial charge in [0.05, 0.1) is 18.6 Å². The molecule has 0 saturated carbocycles. The maximum absolute atomic E-state index is 11.7. The molecule has 0 amide bonds. The van der Waals surface area contributed by atoms with Gasteiger partial charge < -0.3 is 9.47 Å². The van der Waals surface area contributed by atoms with Gasteiger partial charge in [0, 0.05) is 6.92 Å². The Bertz CT molecular complexity index is 520. The molecule has 0 N–H and O–H groups in total. The fourth-order valence-corrected chi connectivity index (χ4v) is 2.14. The lowest BCUT2D eigenvalue weighted by Crippen LogP contribution is -2.22. The highest BCUT2D eigenvalue weighted by Gasteiger charge is 2.46. The summed E-state index contributed by atoms with van der Waals surface area (Å²) in [6.07, 6.45) is -0.544. The fraction of sp³-hybridized carbons (Fsp3) is 0.357. The molecule has 1 heterocycles. The minimum absolute atomic E-state index is 0.00113. The largest absolute Gasteiger partial charge is 0.465 e. The quantitative estimate of drug-likeness (QED) is 0.770. The van der Waals surface area contributed by atoms with Crippen LogP contribution in [0, 0.1) is 23.2 Å². The van der Waals surface area contributed by atoms with Crippen molar-refractivity contribution in [2.24, 2.45) is 11.8 Å². The van der Waals surface area contributed by atoms with Gasteiger partial charge in [-0.3, -0.25) is 9.59 Å². The highest BCUT2D eigenvalue weighted by Crippen LogP contribution is 2.39. The highest BCUT2D eigenvalue weighted by molar-refractivity contribution is 5.78. The van der Waals surface area contributed by atoms with Crippen LogP contribution in [0.25, 0.3) is 0 Å². The molecule has 0 aromatic heterocycles. The van der Waals surface area contributed by atoms with E-state index in [4.69, 9.17) is 14.7 Å². The van der Waals surface area contributed by atoms with Gasteiger partial charge in [0.2, 0.25) is 0 Å². The summed E-state index contributed by atoms with van der Waals surface area (Å²) in [5.41, 5.74) is 0.797. The maximum Gasteiger partial charge on any atom is 0.324 e. The van der Waals surface area contributed by atoms with Gasteiger partial charge >= 0.3 is 11.9 Å². The van der Waals surface area contributed by atoms with E-state index in [1.807, 2.05) is 36.4 Å². The van der Waals surface area contributed by atoms with Crippen molar-refractivity contribution in [3.05, 3.63) is 35.9 Å². The summed E-state index contributed by atoms with van der Waals surface area (Å²) in [5, 5.41) is 9.05. The molecule has 1 saturated heterocycles. The number of hydrogen-bond acceptors (Lipinski definition) is 5. The molecular formula is C14H13NO4. The molecule has 19 heavy (non-hydrogen) atoms. The number of cyclic esters (lactones) is 1. The lowest BCUT2D eigenvalue weighted by atomic mass is 9.88. The zero-order chi connectivity index (χ0) is 13.8. The van der Waals surface area contributed by atoms with Crippen LogP contribution in [-0.2, 0) is 19.1 Å². The molecule has 1 aliphatic heterocycles. The van der Waals surface area contributed by atoms with Crippen molar-refractivity contribution in [2.75, 3.05) is 6.61 Å². The number of carbonyl (C=O) groups excluding carboxylic acids is 2. The molecule has 0 aliphatic carbocycles. The van der Waals surface area contributed by atoms with E-state index in [-0.39, 0.29) is 6.61 Å². The highest BCUT2D eigenvalue weighted by atomic mass is 16.6. The normalized spacial score (nSPS) is 25.5. The number of nitriles is 1. The van der Waals surface area contributed by atoms with Gasteiger partial charge in [-0.15, -0.1) is 0 Å². The van der Waals surface area contributed by atoms with Crippen LogP contribution < -0.4 is 0 Å². The van der Waals surface area contributed by atoms with Crippen LogP contribution in [0.3, 0.4) is 0 Å². The number of nitrogens with zero attached hydrogens (tertiary/aromatic N) is 1. The molecule has 2 rings (SSSR count). The Kier molecular flexibility index (Phi) is 3.81. The summed E-state index contributed by atoms with van der Waals surface area (Å²) in [4.78, 5) is 22.5. The maximum atomic E-state index is 11.7. The van der Waals surface area contributed by atoms with Gasteiger partial charge in [-0.25, -0.2) is 0 Å². The van der Waals surface area contributed by atoms with Crippen molar-refractivity contribution in [1.29, 1.82) is 5.26 Å². The number of esters is 2. The summed E-state index contributed by atoms with van der Waals surface area (Å²) >= 11 is 0. The van der Waals surface area contributed by atoms with Crippen molar-refractivity contribution in [3.8, 4) is 6.07 Å². The Morgan fingerprint density at radius 3 is 2.68 bits per heavy atom. The summed E-state index contributed by atoms with van der Waals surface area (Å²) in [7, 11) is 0. The summed E-state index contributed by atoms with van der Waals surface area (Å²) in [6.45, 7) is 1.29. The van der Waals surface area contributed by atoms with E-state index in [0.717, 1.165) is 5.56 Å². The van der Waals surface area contributed by atoms with E-state index < -0.39 is 29.9 Å². The minimum Gasteiger partial charge on any atom is -0.465 e. The predicted molar refractivity (Wildman–Crippen MR) is 64.5 cm³/mol. The SMILES string of the molecule is CC(=O)OCC1C(C#N)C(=O)OC1c1ccccc1. The first kappa shape index (κ1) is 13.1. The summed E-state index contributed by atoms with van der Waals surface area (Å²) in [5.74, 6) is -2.37. The van der Waals surface area contributed by atoms with Gasteiger partial charge in [-0.1, -0.05) is 30.3 Å². The Balaban J connectivity index is 2.24. The molecule has 98 valence electrons. The van der Waals surface area contributed by atoms with Crippen molar-refractivity contribution in [3.63, 3.8) is 0 Å². The molecule has 1 aromatic rings. The standard InChI is InChI=1S/C14H13NO4/c1-9(16)18-8-12-11(7-15)14(17)19-13(12)10-5-3-2-4-6-10/h2-6,11-13H,8H2,1H3. The van der Waals surface area contributed by atoms with Crippen molar-refractivity contribution < 1.29 is 19.1 Å². The first-order valence-electron chi connectivity index (χ1n) is 5.92. The fourth-order valence-electron chi connectivity index (χ4n) is 2.14. The summed E-state index contributed by atoms with van der Waals surface area (Å²) in [6, 6.07) is 11.1. The van der Waals surface area contributed by atoms with Gasteiger partial charge in [0.25, 0.3) is 0 Å². The molecule has 1 fully saturated rings. The lowest BCUT2D eigenvalue weighted by molar-refractivity contribution is -0.143. The molecule has 3 unspecified atom stereocenters. The van der Waals surface area contributed by atoms with Crippen molar-refractivity contribution >= 4 is 11.9 Å². The van der Waals surface area contributed by atoms with Crippen LogP contribution in [0.2, 0.25) is 0 Å². The topological polar surface area (TPSA) is 76.4 Å². The summed E-state index contributed by atoms with van der Waals surface area (Å²) < 4.78 is 10.2. The van der Waals surface area contributed by atoms with Gasteiger partial charge in [0.1, 0.15) is 6.10 Å². The van der Waals surface area contributed by atoms with Crippen LogP contribution in [0.1, 0.15) is 18.6 Å². The van der Waals surface area contributed by atoms with Crippen LogP contribution in [-0.4, -0.2) is 18.5 Å². The number of carbonyl (C=O) groups is 2. The van der Waals surface area contributed by atoms with Crippen LogP contribution in [0.5, 0.6) is 0 Å². The molecule has 0 spiro atoms. The number of benzene rings is 1. The number of ether oxygens (including phenoxy) is 2. The zero-order valence-corrected chi connectivity index (χ0v) is 10.4. The van der Waals surface area contributed by atoms with Gasteiger partial charge in [-0.2, -0.15) is 5.26 Å². The second-order valence-corrected chi connectivity index (χ2v) is 4.34. The average Bonchev–Trinajstić information content (AvgIpc) is 2.73. The third-order valence-electron chi connectivity index (χ3n) is 3.06. The van der Waals surface area contributed by atoms with Crippen LogP contribution >= 0.6 is 0 Å². The molecule has 1 aromatic carbocycles. The Morgan fingerprint density at radius 2 is 2.11 bits per heavy atom. The molecule has 5 heteroatoms. The first-order valence-corrected chi connectivity index (χ1v) is 5.92. The van der Waals surface area contributed by atoms with Gasteiger partial charge in [0.15, 0.2) is 5.92 Å². The van der Waals surface area contributed by atoms with Crippen LogP contribution in [0.15, 0.2) is 30.3 Å².